The van der Waals surface area contributed by atoms with Gasteiger partial charge in [0.05, 0.1) is 32.2 Å². The van der Waals surface area contributed by atoms with Crippen molar-refractivity contribution in [2.75, 3.05) is 5.32 Å². The molecule has 0 bridgehead atoms. The molecule has 1 N–H and O–H groups in total. The van der Waals surface area contributed by atoms with Gasteiger partial charge in [0, 0.05) is 9.86 Å². The standard InChI is InChI=1S/C15H11BrClIN5O2P/c16-7-1-2-9-10(3-7)12(13(18)26)22-23(14(9)25)6-11(24)21-15-19-4-8(17)5-20-15/h1-5,13H,6,26H2,(H,19,20,21,24). The summed E-state index contributed by atoms with van der Waals surface area (Å²) in [6.07, 6.45) is 2.74. The molecule has 2 unspecified atom stereocenters. The molecule has 11 heteroatoms. The fourth-order valence-corrected chi connectivity index (χ4v) is 3.44. The van der Waals surface area contributed by atoms with E-state index in [0.717, 1.165) is 14.5 Å². The predicted molar refractivity (Wildman–Crippen MR) is 116 cm³/mol. The summed E-state index contributed by atoms with van der Waals surface area (Å²) in [5.74, 6) is -0.353. The highest BCUT2D eigenvalue weighted by Crippen LogP contribution is 2.33. The molecule has 1 aromatic carbocycles. The van der Waals surface area contributed by atoms with E-state index in [-0.39, 0.29) is 21.7 Å². The third-order valence-corrected chi connectivity index (χ3v) is 4.97. The number of nitrogens with one attached hydrogen (secondary N) is 1. The molecular weight excluding hydrogens is 555 g/mol. The Morgan fingerprint density at radius 1 is 1.35 bits per heavy atom. The van der Waals surface area contributed by atoms with Crippen LogP contribution in [-0.2, 0) is 11.3 Å². The van der Waals surface area contributed by atoms with Crippen LogP contribution in [0.3, 0.4) is 0 Å². The van der Waals surface area contributed by atoms with Crippen molar-refractivity contribution < 1.29 is 4.79 Å². The van der Waals surface area contributed by atoms with Crippen LogP contribution in [0.1, 0.15) is 9.36 Å². The van der Waals surface area contributed by atoms with Crippen LogP contribution in [0.2, 0.25) is 5.02 Å². The van der Waals surface area contributed by atoms with Crippen molar-refractivity contribution in [1.29, 1.82) is 0 Å². The molecule has 0 saturated carbocycles. The van der Waals surface area contributed by atoms with Crippen molar-refractivity contribution in [2.24, 2.45) is 0 Å². The third kappa shape index (κ3) is 4.39. The highest BCUT2D eigenvalue weighted by atomic mass is 127. The van der Waals surface area contributed by atoms with Gasteiger partial charge in [0.15, 0.2) is 0 Å². The smallest absolute Gasteiger partial charge is 0.275 e. The summed E-state index contributed by atoms with van der Waals surface area (Å²) in [4.78, 5) is 32.7. The zero-order valence-electron chi connectivity index (χ0n) is 13.0. The number of halogens is 3. The second-order valence-corrected chi connectivity index (χ2v) is 9.93. The zero-order chi connectivity index (χ0) is 18.8. The van der Waals surface area contributed by atoms with Gasteiger partial charge in [0.2, 0.25) is 11.9 Å². The van der Waals surface area contributed by atoms with E-state index >= 15 is 0 Å². The lowest BCUT2D eigenvalue weighted by molar-refractivity contribution is -0.117. The number of anilines is 1. The largest absolute Gasteiger partial charge is 0.293 e. The van der Waals surface area contributed by atoms with Gasteiger partial charge in [-0.25, -0.2) is 14.6 Å². The molecule has 0 aliphatic heterocycles. The minimum atomic E-state index is -0.460. The number of aromatic nitrogens is 4. The molecule has 26 heavy (non-hydrogen) atoms. The Kier molecular flexibility index (Phi) is 6.21. The monoisotopic (exact) mass is 565 g/mol. The van der Waals surface area contributed by atoms with E-state index in [1.807, 2.05) is 6.07 Å². The lowest BCUT2D eigenvalue weighted by atomic mass is 10.1. The molecule has 0 aliphatic rings. The molecule has 0 aliphatic carbocycles. The van der Waals surface area contributed by atoms with E-state index in [4.69, 9.17) is 11.6 Å². The third-order valence-electron chi connectivity index (χ3n) is 3.38. The Bertz CT molecular complexity index is 1040. The van der Waals surface area contributed by atoms with Crippen molar-refractivity contribution >= 4 is 82.0 Å². The van der Waals surface area contributed by atoms with E-state index in [0.29, 0.717) is 16.1 Å². The number of hydrogen-bond donors (Lipinski definition) is 1. The molecule has 0 radical (unpaired) electrons. The van der Waals surface area contributed by atoms with Crippen LogP contribution in [-0.4, -0.2) is 25.7 Å². The van der Waals surface area contributed by atoms with Gasteiger partial charge in [-0.15, -0.1) is 9.24 Å². The fraction of sp³-hybridized carbons (Fsp3) is 0.133. The maximum absolute atomic E-state index is 12.7. The van der Waals surface area contributed by atoms with Gasteiger partial charge in [-0.1, -0.05) is 50.1 Å². The lowest BCUT2D eigenvalue weighted by Gasteiger charge is -2.12. The normalized spacial score (nSPS) is 12.2. The SMILES string of the molecule is O=C(Cn1nc(C(P)I)c2cc(Br)ccc2c1=O)Nc1ncc(Cl)cn1. The van der Waals surface area contributed by atoms with E-state index in [1.165, 1.54) is 12.4 Å². The van der Waals surface area contributed by atoms with Gasteiger partial charge in [-0.05, 0) is 18.2 Å². The molecule has 0 spiro atoms. The molecule has 3 aromatic rings. The number of amides is 1. The molecule has 1 amide bonds. The molecule has 2 heterocycles. The predicted octanol–water partition coefficient (Wildman–Crippen LogP) is 3.55. The lowest BCUT2D eigenvalue weighted by Crippen LogP contribution is -2.31. The summed E-state index contributed by atoms with van der Waals surface area (Å²) in [6, 6.07) is 5.35. The molecule has 0 saturated heterocycles. The van der Waals surface area contributed by atoms with Crippen LogP contribution in [0.5, 0.6) is 0 Å². The summed E-state index contributed by atoms with van der Waals surface area (Å²) in [5, 5.41) is 8.49. The van der Waals surface area contributed by atoms with Gasteiger partial charge in [0.1, 0.15) is 6.54 Å². The quantitative estimate of drug-likeness (QED) is 0.297. The van der Waals surface area contributed by atoms with Gasteiger partial charge in [0.25, 0.3) is 5.56 Å². The average Bonchev–Trinajstić information content (AvgIpc) is 2.59. The van der Waals surface area contributed by atoms with Crippen LogP contribution in [0, 0.1) is 0 Å². The number of hydrogen-bond acceptors (Lipinski definition) is 5. The van der Waals surface area contributed by atoms with Crippen molar-refractivity contribution in [3.63, 3.8) is 0 Å². The van der Waals surface area contributed by atoms with Crippen molar-refractivity contribution in [3.05, 3.63) is 56.1 Å². The van der Waals surface area contributed by atoms with E-state index in [9.17, 15) is 9.59 Å². The van der Waals surface area contributed by atoms with Crippen LogP contribution in [0.25, 0.3) is 10.8 Å². The number of carbonyl (C=O) groups is 1. The Morgan fingerprint density at radius 3 is 2.69 bits per heavy atom. The molecular formula is C15H11BrClIN5O2P. The van der Waals surface area contributed by atoms with Crippen LogP contribution in [0.4, 0.5) is 5.95 Å². The van der Waals surface area contributed by atoms with Crippen molar-refractivity contribution in [1.82, 2.24) is 19.7 Å². The highest BCUT2D eigenvalue weighted by molar-refractivity contribution is 14.1. The van der Waals surface area contributed by atoms with E-state index in [1.54, 1.807) is 12.1 Å². The molecule has 134 valence electrons. The first-order valence-corrected chi connectivity index (χ1v) is 10.3. The van der Waals surface area contributed by atoms with E-state index in [2.05, 4.69) is 68.1 Å². The van der Waals surface area contributed by atoms with Crippen molar-refractivity contribution in [2.45, 2.75) is 10.2 Å². The topological polar surface area (TPSA) is 89.8 Å². The van der Waals surface area contributed by atoms with Crippen molar-refractivity contribution in [3.8, 4) is 0 Å². The van der Waals surface area contributed by atoms with Gasteiger partial charge in [-0.3, -0.25) is 14.9 Å². The number of alkyl halides is 1. The van der Waals surface area contributed by atoms with Gasteiger partial charge in [-0.2, -0.15) is 5.10 Å². The maximum atomic E-state index is 12.7. The first-order valence-electron chi connectivity index (χ1n) is 7.22. The average molecular weight is 567 g/mol. The minimum Gasteiger partial charge on any atom is -0.293 e. The number of carbonyl (C=O) groups excluding carboxylic acids is 1. The second-order valence-electron chi connectivity index (χ2n) is 5.21. The van der Waals surface area contributed by atoms with Crippen LogP contribution < -0.4 is 10.9 Å². The minimum absolute atomic E-state index is 0.0288. The van der Waals surface area contributed by atoms with Crippen LogP contribution >= 0.6 is 59.4 Å². The Labute approximate surface area is 177 Å². The number of fused-ring (bicyclic) bond motifs is 1. The van der Waals surface area contributed by atoms with Gasteiger partial charge >= 0.3 is 0 Å². The fourth-order valence-electron chi connectivity index (χ4n) is 2.27. The maximum Gasteiger partial charge on any atom is 0.275 e. The highest BCUT2D eigenvalue weighted by Gasteiger charge is 2.16. The zero-order valence-corrected chi connectivity index (χ0v) is 18.6. The summed E-state index contributed by atoms with van der Waals surface area (Å²) in [5.41, 5.74) is 0.354. The number of nitrogens with zero attached hydrogens (tertiary/aromatic N) is 4. The Balaban J connectivity index is 1.95. The molecule has 2 atom stereocenters. The summed E-state index contributed by atoms with van der Waals surface area (Å²) in [7, 11) is 2.64. The summed E-state index contributed by atoms with van der Waals surface area (Å²) < 4.78 is 1.97. The first-order chi connectivity index (χ1) is 12.3. The van der Waals surface area contributed by atoms with E-state index < -0.39 is 5.91 Å². The van der Waals surface area contributed by atoms with Gasteiger partial charge < -0.3 is 0 Å². The molecule has 2 aromatic heterocycles. The Hall–Kier alpha value is -1.16. The summed E-state index contributed by atoms with van der Waals surface area (Å²) in [6.45, 7) is -0.252. The second kappa shape index (κ2) is 8.24. The summed E-state index contributed by atoms with van der Waals surface area (Å²) >= 11 is 11.3. The number of rotatable bonds is 4. The van der Waals surface area contributed by atoms with Crippen LogP contribution in [0.15, 0.2) is 39.9 Å². The first kappa shape index (κ1) is 19.6. The molecule has 0 fully saturated rings. The molecule has 3 rings (SSSR count). The number of benzene rings is 1. The molecule has 7 nitrogen and oxygen atoms in total. The Morgan fingerprint density at radius 2 is 2.04 bits per heavy atom.